The lowest BCUT2D eigenvalue weighted by Crippen LogP contribution is -2.48. The third-order valence-electron chi connectivity index (χ3n) is 6.52. The highest BCUT2D eigenvalue weighted by Gasteiger charge is 2.29. The molecule has 2 aliphatic heterocycles. The highest BCUT2D eigenvalue weighted by molar-refractivity contribution is 7.88. The number of urea groups is 1. The molecule has 0 bridgehead atoms. The maximum atomic E-state index is 12.4. The van der Waals surface area contributed by atoms with E-state index in [9.17, 15) is 18.0 Å². The third-order valence-corrected chi connectivity index (χ3v) is 8.87. The summed E-state index contributed by atoms with van der Waals surface area (Å²) in [5, 5.41) is 7.72. The van der Waals surface area contributed by atoms with Crippen molar-refractivity contribution in [3.05, 3.63) is 33.8 Å². The van der Waals surface area contributed by atoms with Gasteiger partial charge < -0.3 is 16.8 Å². The number of anilines is 1. The van der Waals surface area contributed by atoms with Crippen LogP contribution in [-0.2, 0) is 10.0 Å². The minimum atomic E-state index is -3.18. The SMILES string of the molecule is CS(=O)(=O)N1CCC(n2cc(C#Cc3cc(N(C(N)=O)[C@H]4CCCCNC4)c(C(N)=O)s3)cn2)CC1. The molecule has 0 spiro atoms. The maximum absolute atomic E-state index is 12.4. The number of thiophene rings is 1. The largest absolute Gasteiger partial charge is 0.365 e. The van der Waals surface area contributed by atoms with Crippen LogP contribution in [0.25, 0.3) is 0 Å². The molecule has 3 amide bonds. The lowest BCUT2D eigenvalue weighted by Gasteiger charge is -2.30. The topological polar surface area (TPSA) is 157 Å². The van der Waals surface area contributed by atoms with Gasteiger partial charge in [0.05, 0.1) is 40.7 Å². The second kappa shape index (κ2) is 11.0. The van der Waals surface area contributed by atoms with E-state index in [1.165, 1.54) is 15.5 Å². The molecule has 2 aliphatic rings. The van der Waals surface area contributed by atoms with Crippen molar-refractivity contribution in [1.82, 2.24) is 19.4 Å². The molecule has 2 aromatic heterocycles. The van der Waals surface area contributed by atoms with E-state index in [2.05, 4.69) is 22.3 Å². The average molecular weight is 534 g/mol. The zero-order valence-electron chi connectivity index (χ0n) is 20.1. The fraction of sp³-hybridized carbons (Fsp3) is 0.522. The summed E-state index contributed by atoms with van der Waals surface area (Å²) in [6.45, 7) is 2.38. The van der Waals surface area contributed by atoms with Crippen molar-refractivity contribution in [2.75, 3.05) is 37.3 Å². The van der Waals surface area contributed by atoms with Crippen molar-refractivity contribution in [1.29, 1.82) is 0 Å². The molecule has 11 nitrogen and oxygen atoms in total. The molecule has 0 radical (unpaired) electrons. The van der Waals surface area contributed by atoms with Gasteiger partial charge in [-0.3, -0.25) is 14.4 Å². The molecule has 194 valence electrons. The van der Waals surface area contributed by atoms with Crippen molar-refractivity contribution < 1.29 is 18.0 Å². The molecule has 0 aromatic carbocycles. The van der Waals surface area contributed by atoms with E-state index >= 15 is 0 Å². The van der Waals surface area contributed by atoms with Gasteiger partial charge >= 0.3 is 6.03 Å². The molecular formula is C23H31N7O4S2. The average Bonchev–Trinajstić information content (AvgIpc) is 3.38. The molecule has 36 heavy (non-hydrogen) atoms. The number of carbonyl (C=O) groups excluding carboxylic acids is 2. The lowest BCUT2D eigenvalue weighted by atomic mass is 10.1. The number of piperidine rings is 1. The normalized spacial score (nSPS) is 19.8. The minimum Gasteiger partial charge on any atom is -0.365 e. The fourth-order valence-electron chi connectivity index (χ4n) is 4.69. The first kappa shape index (κ1) is 26.2. The number of aromatic nitrogens is 2. The molecular weight excluding hydrogens is 502 g/mol. The first-order chi connectivity index (χ1) is 17.1. The molecule has 0 aliphatic carbocycles. The van der Waals surface area contributed by atoms with E-state index in [0.717, 1.165) is 37.1 Å². The van der Waals surface area contributed by atoms with E-state index < -0.39 is 22.0 Å². The molecule has 2 aromatic rings. The Balaban J connectivity index is 1.52. The molecule has 2 fully saturated rings. The third kappa shape index (κ3) is 6.07. The lowest BCUT2D eigenvalue weighted by molar-refractivity contribution is 0.100. The number of amides is 3. The van der Waals surface area contributed by atoms with Crippen LogP contribution in [0.4, 0.5) is 10.5 Å². The van der Waals surface area contributed by atoms with Crippen LogP contribution in [0.5, 0.6) is 0 Å². The molecule has 5 N–H and O–H groups in total. The van der Waals surface area contributed by atoms with Crippen molar-refractivity contribution in [2.24, 2.45) is 11.5 Å². The smallest absolute Gasteiger partial charge is 0.319 e. The number of sulfonamides is 1. The Bertz CT molecular complexity index is 1280. The van der Waals surface area contributed by atoms with Gasteiger partial charge in [-0.15, -0.1) is 11.3 Å². The predicted molar refractivity (Wildman–Crippen MR) is 138 cm³/mol. The number of hydrogen-bond donors (Lipinski definition) is 3. The van der Waals surface area contributed by atoms with Crippen molar-refractivity contribution in [3.8, 4) is 11.8 Å². The van der Waals surface area contributed by atoms with Crippen LogP contribution >= 0.6 is 11.3 Å². The van der Waals surface area contributed by atoms with E-state index in [1.54, 1.807) is 12.3 Å². The molecule has 1 atom stereocenters. The molecule has 4 heterocycles. The number of carbonyl (C=O) groups is 2. The summed E-state index contributed by atoms with van der Waals surface area (Å²) in [6, 6.07) is 0.988. The number of nitrogens with zero attached hydrogens (tertiary/aromatic N) is 4. The minimum absolute atomic E-state index is 0.102. The van der Waals surface area contributed by atoms with Crippen LogP contribution in [0.3, 0.4) is 0 Å². The number of hydrogen-bond acceptors (Lipinski definition) is 7. The van der Waals surface area contributed by atoms with E-state index in [-0.39, 0.29) is 17.0 Å². The standard InChI is InChI=1S/C23H31N7O4S2/c1-36(33,34)28-10-7-17(8-11-28)29-15-16(13-27-29)5-6-19-12-20(21(35-19)22(24)31)30(23(25)32)18-4-2-3-9-26-14-18/h12-13,15,17-18,26H,2-4,7-11,14H2,1H3,(H2,24,31)(H2,25,32)/t18-/m0/s1. The van der Waals surface area contributed by atoms with Gasteiger partial charge in [0, 0.05) is 25.8 Å². The molecule has 2 saturated heterocycles. The van der Waals surface area contributed by atoms with Gasteiger partial charge in [-0.2, -0.15) is 5.10 Å². The van der Waals surface area contributed by atoms with E-state index in [0.29, 0.717) is 48.6 Å². The summed E-state index contributed by atoms with van der Waals surface area (Å²) in [5.74, 6) is 5.48. The number of rotatable bonds is 5. The van der Waals surface area contributed by atoms with Crippen LogP contribution in [0.15, 0.2) is 18.5 Å². The van der Waals surface area contributed by atoms with E-state index in [1.807, 2.05) is 10.9 Å². The summed E-state index contributed by atoms with van der Waals surface area (Å²) < 4.78 is 26.8. The second-order valence-corrected chi connectivity index (χ2v) is 12.1. The van der Waals surface area contributed by atoms with Gasteiger partial charge in [0.1, 0.15) is 4.88 Å². The van der Waals surface area contributed by atoms with Crippen LogP contribution in [-0.4, -0.2) is 72.9 Å². The van der Waals surface area contributed by atoms with Crippen LogP contribution in [0.2, 0.25) is 0 Å². The summed E-state index contributed by atoms with van der Waals surface area (Å²) in [5.41, 5.74) is 12.4. The molecule has 0 unspecified atom stereocenters. The Labute approximate surface area is 214 Å². The Hall–Kier alpha value is -2.92. The zero-order valence-corrected chi connectivity index (χ0v) is 21.8. The molecule has 4 rings (SSSR count). The van der Waals surface area contributed by atoms with Gasteiger partial charge in [-0.1, -0.05) is 18.3 Å². The Morgan fingerprint density at radius 3 is 2.61 bits per heavy atom. The van der Waals surface area contributed by atoms with E-state index in [4.69, 9.17) is 11.5 Å². The summed E-state index contributed by atoms with van der Waals surface area (Å²) in [6.07, 6.45) is 8.81. The van der Waals surface area contributed by atoms with Crippen molar-refractivity contribution >= 4 is 39.0 Å². The van der Waals surface area contributed by atoms with Crippen molar-refractivity contribution in [3.63, 3.8) is 0 Å². The number of nitrogens with two attached hydrogens (primary N) is 2. The van der Waals surface area contributed by atoms with Gasteiger partial charge in [0.15, 0.2) is 0 Å². The summed E-state index contributed by atoms with van der Waals surface area (Å²) in [7, 11) is -3.18. The number of primary amides is 2. The van der Waals surface area contributed by atoms with Crippen molar-refractivity contribution in [2.45, 2.75) is 44.2 Å². The van der Waals surface area contributed by atoms with Gasteiger partial charge in [-0.25, -0.2) is 17.5 Å². The first-order valence-corrected chi connectivity index (χ1v) is 14.5. The van der Waals surface area contributed by atoms with Crippen LogP contribution in [0, 0.1) is 11.8 Å². The summed E-state index contributed by atoms with van der Waals surface area (Å²) in [4.78, 5) is 26.9. The van der Waals surface area contributed by atoms with Gasteiger partial charge in [0.25, 0.3) is 5.91 Å². The highest BCUT2D eigenvalue weighted by atomic mass is 32.2. The van der Waals surface area contributed by atoms with Gasteiger partial charge in [0.2, 0.25) is 10.0 Å². The van der Waals surface area contributed by atoms with Crippen LogP contribution < -0.4 is 21.7 Å². The number of nitrogens with one attached hydrogen (secondary N) is 1. The predicted octanol–water partition coefficient (Wildman–Crippen LogP) is 1.07. The summed E-state index contributed by atoms with van der Waals surface area (Å²) >= 11 is 1.13. The second-order valence-electron chi connectivity index (χ2n) is 9.10. The maximum Gasteiger partial charge on any atom is 0.319 e. The first-order valence-electron chi connectivity index (χ1n) is 11.9. The molecule has 0 saturated carbocycles. The fourth-order valence-corrected chi connectivity index (χ4v) is 6.42. The highest BCUT2D eigenvalue weighted by Crippen LogP contribution is 2.32. The van der Waals surface area contributed by atoms with Gasteiger partial charge in [-0.05, 0) is 38.3 Å². The monoisotopic (exact) mass is 533 g/mol. The quantitative estimate of drug-likeness (QED) is 0.488. The zero-order chi connectivity index (χ0) is 25.9. The van der Waals surface area contributed by atoms with Crippen LogP contribution in [0.1, 0.15) is 58.3 Å². The Morgan fingerprint density at radius 1 is 1.19 bits per heavy atom. The Kier molecular flexibility index (Phi) is 7.99. The Morgan fingerprint density at radius 2 is 1.94 bits per heavy atom. The molecule has 13 heteroatoms.